The zero-order valence-corrected chi connectivity index (χ0v) is 12.4. The van der Waals surface area contributed by atoms with Gasteiger partial charge in [0.05, 0.1) is 25.1 Å². The lowest BCUT2D eigenvalue weighted by atomic mass is 10.4. The number of esters is 1. The Hall–Kier alpha value is -1.73. The van der Waals surface area contributed by atoms with Gasteiger partial charge in [0, 0.05) is 0 Å². The largest absolute Gasteiger partial charge is 0.468 e. The second-order valence-electron chi connectivity index (χ2n) is 4.27. The molecule has 0 aliphatic rings. The molecule has 108 valence electrons. The first-order chi connectivity index (χ1) is 9.72. The lowest BCUT2D eigenvalue weighted by Gasteiger charge is -2.17. The highest BCUT2D eigenvalue weighted by Crippen LogP contribution is 2.23. The maximum Gasteiger partial charge on any atom is 0.319 e. The molecule has 0 aliphatic heterocycles. The first-order valence-corrected chi connectivity index (χ1v) is 7.26. The molecule has 0 unspecified atom stereocenters. The van der Waals surface area contributed by atoms with Crippen molar-refractivity contribution in [1.29, 1.82) is 0 Å². The van der Waals surface area contributed by atoms with Gasteiger partial charge in [0.1, 0.15) is 0 Å². The maximum atomic E-state index is 11.4. The van der Waals surface area contributed by atoms with E-state index >= 15 is 0 Å². The van der Waals surface area contributed by atoms with Gasteiger partial charge in [-0.15, -0.1) is 21.5 Å². The number of ether oxygens (including phenoxy) is 1. The van der Waals surface area contributed by atoms with Crippen LogP contribution in [0.5, 0.6) is 0 Å². The molecule has 0 N–H and O–H groups in total. The predicted octanol–water partition coefficient (Wildman–Crippen LogP) is 2.18. The van der Waals surface area contributed by atoms with E-state index in [9.17, 15) is 4.79 Å². The van der Waals surface area contributed by atoms with Gasteiger partial charge in [-0.1, -0.05) is 13.0 Å². The lowest BCUT2D eigenvalue weighted by Crippen LogP contribution is -2.31. The van der Waals surface area contributed by atoms with E-state index in [1.807, 2.05) is 22.4 Å². The average Bonchev–Trinajstić information content (AvgIpc) is 3.08. The molecule has 2 rings (SSSR count). The second-order valence-corrected chi connectivity index (χ2v) is 5.21. The van der Waals surface area contributed by atoms with Crippen LogP contribution in [0.15, 0.2) is 21.9 Å². The molecule has 0 amide bonds. The van der Waals surface area contributed by atoms with E-state index in [1.165, 1.54) is 7.11 Å². The van der Waals surface area contributed by atoms with Crippen LogP contribution in [-0.2, 0) is 16.1 Å². The van der Waals surface area contributed by atoms with Gasteiger partial charge in [-0.25, -0.2) is 0 Å². The summed E-state index contributed by atoms with van der Waals surface area (Å²) in [6.45, 7) is 3.49. The number of hydrogen-bond donors (Lipinski definition) is 0. The minimum atomic E-state index is -0.267. The summed E-state index contributed by atoms with van der Waals surface area (Å²) >= 11 is 1.55. The van der Waals surface area contributed by atoms with Gasteiger partial charge in [-0.05, 0) is 24.4 Å². The molecule has 0 radical (unpaired) electrons. The van der Waals surface area contributed by atoms with E-state index in [1.54, 1.807) is 11.3 Å². The van der Waals surface area contributed by atoms with E-state index in [0.29, 0.717) is 18.3 Å². The Morgan fingerprint density at radius 2 is 2.35 bits per heavy atom. The van der Waals surface area contributed by atoms with Gasteiger partial charge in [0.2, 0.25) is 5.89 Å². The van der Waals surface area contributed by atoms with Crippen LogP contribution in [0, 0.1) is 0 Å². The Balaban J connectivity index is 2.01. The molecule has 2 aromatic heterocycles. The van der Waals surface area contributed by atoms with Gasteiger partial charge in [-0.2, -0.15) is 0 Å². The van der Waals surface area contributed by atoms with Crippen LogP contribution in [0.1, 0.15) is 19.2 Å². The molecule has 7 heteroatoms. The fraction of sp³-hybridized carbons (Fsp3) is 0.462. The number of methoxy groups -OCH3 is 1. The normalized spacial score (nSPS) is 10.9. The first kappa shape index (κ1) is 14.7. The summed E-state index contributed by atoms with van der Waals surface area (Å²) in [4.78, 5) is 14.2. The molecule has 0 fully saturated rings. The third kappa shape index (κ3) is 3.88. The number of carbonyl (C=O) groups is 1. The Bertz CT molecular complexity index is 539. The van der Waals surface area contributed by atoms with Crippen molar-refractivity contribution in [3.8, 4) is 10.8 Å². The van der Waals surface area contributed by atoms with Gasteiger partial charge >= 0.3 is 5.97 Å². The predicted molar refractivity (Wildman–Crippen MR) is 75.2 cm³/mol. The summed E-state index contributed by atoms with van der Waals surface area (Å²) in [5.41, 5.74) is 0. The standard InChI is InChI=1S/C13H17N3O3S/c1-3-6-16(9-12(17)18-2)8-11-14-15-13(19-11)10-5-4-7-20-10/h4-5,7H,3,6,8-9H2,1-2H3. The number of thiophene rings is 1. The zero-order chi connectivity index (χ0) is 14.4. The summed E-state index contributed by atoms with van der Waals surface area (Å²) in [5, 5.41) is 10.0. The molecular weight excluding hydrogens is 278 g/mol. The topological polar surface area (TPSA) is 68.5 Å². The molecule has 2 heterocycles. The molecule has 2 aromatic rings. The van der Waals surface area contributed by atoms with Crippen LogP contribution in [-0.4, -0.2) is 41.3 Å². The summed E-state index contributed by atoms with van der Waals surface area (Å²) < 4.78 is 10.3. The fourth-order valence-electron chi connectivity index (χ4n) is 1.79. The summed E-state index contributed by atoms with van der Waals surface area (Å²) in [6, 6.07) is 3.87. The Morgan fingerprint density at radius 1 is 1.50 bits per heavy atom. The molecule has 6 nitrogen and oxygen atoms in total. The lowest BCUT2D eigenvalue weighted by molar-refractivity contribution is -0.142. The maximum absolute atomic E-state index is 11.4. The molecule has 0 atom stereocenters. The van der Waals surface area contributed by atoms with E-state index in [0.717, 1.165) is 17.8 Å². The van der Waals surface area contributed by atoms with Gasteiger partial charge in [0.15, 0.2) is 0 Å². The highest BCUT2D eigenvalue weighted by atomic mass is 32.1. The van der Waals surface area contributed by atoms with Crippen LogP contribution in [0.3, 0.4) is 0 Å². The molecule has 0 saturated heterocycles. The van der Waals surface area contributed by atoms with Crippen molar-refractivity contribution in [1.82, 2.24) is 15.1 Å². The summed E-state index contributed by atoms with van der Waals surface area (Å²) in [5.74, 6) is 0.756. The van der Waals surface area contributed by atoms with Crippen molar-refractivity contribution in [2.75, 3.05) is 20.2 Å². The molecule has 0 aromatic carbocycles. The van der Waals surface area contributed by atoms with Crippen molar-refractivity contribution >= 4 is 17.3 Å². The Labute approximate surface area is 121 Å². The number of aromatic nitrogens is 2. The molecule has 0 aliphatic carbocycles. The van der Waals surface area contributed by atoms with Crippen molar-refractivity contribution in [2.24, 2.45) is 0 Å². The van der Waals surface area contributed by atoms with Crippen LogP contribution < -0.4 is 0 Å². The minimum absolute atomic E-state index is 0.223. The van der Waals surface area contributed by atoms with Gasteiger partial charge in [0.25, 0.3) is 5.89 Å². The van der Waals surface area contributed by atoms with Crippen LogP contribution in [0.2, 0.25) is 0 Å². The molecule has 0 saturated carbocycles. The molecule has 0 spiro atoms. The summed E-state index contributed by atoms with van der Waals surface area (Å²) in [6.07, 6.45) is 0.933. The average molecular weight is 295 g/mol. The van der Waals surface area contributed by atoms with E-state index in [4.69, 9.17) is 4.42 Å². The SMILES string of the molecule is CCCN(CC(=O)OC)Cc1nnc(-c2cccs2)o1. The van der Waals surface area contributed by atoms with E-state index < -0.39 is 0 Å². The number of carbonyl (C=O) groups excluding carboxylic acids is 1. The van der Waals surface area contributed by atoms with Crippen LogP contribution in [0.25, 0.3) is 10.8 Å². The van der Waals surface area contributed by atoms with E-state index in [-0.39, 0.29) is 12.5 Å². The van der Waals surface area contributed by atoms with Gasteiger partial charge in [-0.3, -0.25) is 9.69 Å². The number of hydrogen-bond acceptors (Lipinski definition) is 7. The third-order valence-corrected chi connectivity index (χ3v) is 3.54. The van der Waals surface area contributed by atoms with Crippen LogP contribution >= 0.6 is 11.3 Å². The number of nitrogens with zero attached hydrogens (tertiary/aromatic N) is 3. The number of rotatable bonds is 7. The third-order valence-electron chi connectivity index (χ3n) is 2.68. The Morgan fingerprint density at radius 3 is 3.00 bits per heavy atom. The quantitative estimate of drug-likeness (QED) is 0.729. The first-order valence-electron chi connectivity index (χ1n) is 6.38. The second kappa shape index (κ2) is 7.16. The molecule has 20 heavy (non-hydrogen) atoms. The van der Waals surface area contributed by atoms with Crippen molar-refractivity contribution < 1.29 is 13.9 Å². The highest BCUT2D eigenvalue weighted by molar-refractivity contribution is 7.13. The summed E-state index contributed by atoms with van der Waals surface area (Å²) in [7, 11) is 1.38. The van der Waals surface area contributed by atoms with Crippen molar-refractivity contribution in [2.45, 2.75) is 19.9 Å². The van der Waals surface area contributed by atoms with Crippen LogP contribution in [0.4, 0.5) is 0 Å². The smallest absolute Gasteiger partial charge is 0.319 e. The monoisotopic (exact) mass is 295 g/mol. The van der Waals surface area contributed by atoms with Crippen molar-refractivity contribution in [3.63, 3.8) is 0 Å². The minimum Gasteiger partial charge on any atom is -0.468 e. The fourth-order valence-corrected chi connectivity index (χ4v) is 2.43. The molecule has 0 bridgehead atoms. The highest BCUT2D eigenvalue weighted by Gasteiger charge is 2.15. The van der Waals surface area contributed by atoms with E-state index in [2.05, 4.69) is 21.9 Å². The Kier molecular flexibility index (Phi) is 5.25. The molecular formula is C13H17N3O3S. The van der Waals surface area contributed by atoms with Gasteiger partial charge < -0.3 is 9.15 Å². The zero-order valence-electron chi connectivity index (χ0n) is 11.5. The van der Waals surface area contributed by atoms with Crippen molar-refractivity contribution in [3.05, 3.63) is 23.4 Å².